The number of aromatic carboxylic acids is 1. The molecule has 0 radical (unpaired) electrons. The van der Waals surface area contributed by atoms with E-state index >= 15 is 0 Å². The molecule has 4 nitrogen and oxygen atoms in total. The van der Waals surface area contributed by atoms with Crippen LogP contribution in [0.5, 0.6) is 0 Å². The molecule has 0 saturated carbocycles. The van der Waals surface area contributed by atoms with E-state index in [-0.39, 0.29) is 41.0 Å². The van der Waals surface area contributed by atoms with Crippen LogP contribution >= 0.6 is 0 Å². The van der Waals surface area contributed by atoms with Gasteiger partial charge in [0, 0.05) is 11.3 Å². The molecular weight excluding hydrogens is 337 g/mol. The number of carbonyl (C=O) groups excluding carboxylic acids is 2. The van der Waals surface area contributed by atoms with Crippen LogP contribution in [0.4, 0.5) is 5.69 Å². The SMILES string of the molecule is O=C([O-])c1ccc(NC(=O)c2ccccc2Cc2ccccc2)cc1.[Na+]. The van der Waals surface area contributed by atoms with Gasteiger partial charge >= 0.3 is 29.6 Å². The fourth-order valence-electron chi connectivity index (χ4n) is 2.60. The first-order valence-corrected chi connectivity index (χ1v) is 7.88. The summed E-state index contributed by atoms with van der Waals surface area (Å²) < 4.78 is 0. The summed E-state index contributed by atoms with van der Waals surface area (Å²) in [6.45, 7) is 0. The molecule has 0 spiro atoms. The smallest absolute Gasteiger partial charge is 0.545 e. The second kappa shape index (κ2) is 9.34. The number of anilines is 1. The fourth-order valence-corrected chi connectivity index (χ4v) is 2.60. The molecule has 0 fully saturated rings. The Bertz CT molecular complexity index is 893. The van der Waals surface area contributed by atoms with Gasteiger partial charge in [0.2, 0.25) is 0 Å². The van der Waals surface area contributed by atoms with Crippen molar-refractivity contribution >= 4 is 17.6 Å². The number of nitrogens with one attached hydrogen (secondary N) is 1. The maximum absolute atomic E-state index is 12.6. The molecular formula is C21H16NNaO3. The van der Waals surface area contributed by atoms with Crippen LogP contribution in [0.25, 0.3) is 0 Å². The number of carboxylic acids is 1. The fraction of sp³-hybridized carbons (Fsp3) is 0.0476. The van der Waals surface area contributed by atoms with E-state index in [0.29, 0.717) is 17.7 Å². The van der Waals surface area contributed by atoms with E-state index in [2.05, 4.69) is 5.32 Å². The van der Waals surface area contributed by atoms with E-state index in [1.165, 1.54) is 12.1 Å². The van der Waals surface area contributed by atoms with E-state index in [4.69, 9.17) is 0 Å². The third-order valence-electron chi connectivity index (χ3n) is 3.88. The standard InChI is InChI=1S/C21H17NO3.Na/c23-20(22-18-12-10-16(11-13-18)21(24)25)19-9-5-4-8-17(19)14-15-6-2-1-3-7-15;/h1-13H,14H2,(H,22,23)(H,24,25);/q;+1/p-1. The van der Waals surface area contributed by atoms with Crippen LogP contribution in [-0.2, 0) is 6.42 Å². The van der Waals surface area contributed by atoms with Crippen molar-refractivity contribution < 1.29 is 44.3 Å². The molecule has 0 aliphatic carbocycles. The molecule has 0 aromatic heterocycles. The van der Waals surface area contributed by atoms with Gasteiger partial charge in [-0.05, 0) is 41.3 Å². The van der Waals surface area contributed by atoms with Crippen molar-refractivity contribution in [3.8, 4) is 0 Å². The minimum absolute atomic E-state index is 0. The number of amides is 1. The van der Waals surface area contributed by atoms with Crippen LogP contribution < -0.4 is 40.0 Å². The van der Waals surface area contributed by atoms with Crippen molar-refractivity contribution in [2.45, 2.75) is 6.42 Å². The molecule has 26 heavy (non-hydrogen) atoms. The summed E-state index contributed by atoms with van der Waals surface area (Å²) in [5.41, 5.74) is 3.25. The average molecular weight is 353 g/mol. The van der Waals surface area contributed by atoms with Crippen molar-refractivity contribution in [1.82, 2.24) is 0 Å². The maximum Gasteiger partial charge on any atom is 1.00 e. The third kappa shape index (κ3) is 5.05. The number of benzene rings is 3. The van der Waals surface area contributed by atoms with Gasteiger partial charge in [-0.3, -0.25) is 4.79 Å². The molecule has 0 heterocycles. The summed E-state index contributed by atoms with van der Waals surface area (Å²) in [7, 11) is 0. The summed E-state index contributed by atoms with van der Waals surface area (Å²) in [6, 6.07) is 23.3. The van der Waals surface area contributed by atoms with Crippen molar-refractivity contribution in [2.75, 3.05) is 5.32 Å². The van der Waals surface area contributed by atoms with Crippen molar-refractivity contribution in [3.63, 3.8) is 0 Å². The number of rotatable bonds is 5. The number of carbonyl (C=O) groups is 2. The molecule has 1 N–H and O–H groups in total. The van der Waals surface area contributed by atoms with Crippen molar-refractivity contribution in [2.24, 2.45) is 0 Å². The first-order valence-electron chi connectivity index (χ1n) is 7.88. The summed E-state index contributed by atoms with van der Waals surface area (Å²) in [5, 5.41) is 13.6. The van der Waals surface area contributed by atoms with Crippen LogP contribution in [0.1, 0.15) is 31.8 Å². The molecule has 3 aromatic rings. The maximum atomic E-state index is 12.6. The Labute approximate surface area is 174 Å². The van der Waals surface area contributed by atoms with Gasteiger partial charge in [0.25, 0.3) is 5.91 Å². The van der Waals surface area contributed by atoms with E-state index in [9.17, 15) is 14.7 Å². The molecule has 1 amide bonds. The monoisotopic (exact) mass is 353 g/mol. The first kappa shape index (κ1) is 19.9. The van der Waals surface area contributed by atoms with Crippen LogP contribution in [0, 0.1) is 0 Å². The number of hydrogen-bond acceptors (Lipinski definition) is 3. The molecule has 0 saturated heterocycles. The Hall–Kier alpha value is -2.40. The van der Waals surface area contributed by atoms with E-state index < -0.39 is 5.97 Å². The largest absolute Gasteiger partial charge is 1.00 e. The predicted molar refractivity (Wildman–Crippen MR) is 94.4 cm³/mol. The number of carboxylic acid groups (broad SMARTS) is 1. The molecule has 124 valence electrons. The summed E-state index contributed by atoms with van der Waals surface area (Å²) >= 11 is 0. The Morgan fingerprint density at radius 2 is 1.42 bits per heavy atom. The van der Waals surface area contributed by atoms with Gasteiger partial charge in [-0.25, -0.2) is 0 Å². The minimum atomic E-state index is -1.24. The Kier molecular flexibility index (Phi) is 7.16. The van der Waals surface area contributed by atoms with Gasteiger partial charge < -0.3 is 15.2 Å². The van der Waals surface area contributed by atoms with E-state index in [1.54, 1.807) is 18.2 Å². The molecule has 0 bridgehead atoms. The Morgan fingerprint density at radius 3 is 2.08 bits per heavy atom. The van der Waals surface area contributed by atoms with Gasteiger partial charge in [0.15, 0.2) is 0 Å². The zero-order valence-corrected chi connectivity index (χ0v) is 16.4. The van der Waals surface area contributed by atoms with Crippen LogP contribution in [-0.4, -0.2) is 11.9 Å². The normalized spacial score (nSPS) is 9.85. The molecule has 0 aliphatic rings. The second-order valence-electron chi connectivity index (χ2n) is 5.64. The topological polar surface area (TPSA) is 69.2 Å². The van der Waals surface area contributed by atoms with Crippen molar-refractivity contribution in [1.29, 1.82) is 0 Å². The van der Waals surface area contributed by atoms with Gasteiger partial charge in [-0.2, -0.15) is 0 Å². The van der Waals surface area contributed by atoms with Gasteiger partial charge in [0.05, 0.1) is 5.97 Å². The minimum Gasteiger partial charge on any atom is -0.545 e. The van der Waals surface area contributed by atoms with E-state index in [0.717, 1.165) is 11.1 Å². The molecule has 5 heteroatoms. The molecule has 0 aliphatic heterocycles. The summed E-state index contributed by atoms with van der Waals surface area (Å²) in [4.78, 5) is 23.4. The van der Waals surface area contributed by atoms with Crippen LogP contribution in [0.2, 0.25) is 0 Å². The molecule has 3 aromatic carbocycles. The van der Waals surface area contributed by atoms with Gasteiger partial charge in [0.1, 0.15) is 0 Å². The quantitative estimate of drug-likeness (QED) is 0.651. The number of hydrogen-bond donors (Lipinski definition) is 1. The zero-order valence-electron chi connectivity index (χ0n) is 14.4. The van der Waals surface area contributed by atoms with E-state index in [1.807, 2.05) is 48.5 Å². The molecule has 3 rings (SSSR count). The Balaban J connectivity index is 0.00000243. The predicted octanol–water partition coefficient (Wildman–Crippen LogP) is -0.103. The van der Waals surface area contributed by atoms with Gasteiger partial charge in [-0.1, -0.05) is 60.7 Å². The zero-order chi connectivity index (χ0) is 17.6. The summed E-state index contributed by atoms with van der Waals surface area (Å²) in [6.07, 6.45) is 0.661. The van der Waals surface area contributed by atoms with Gasteiger partial charge in [-0.15, -0.1) is 0 Å². The second-order valence-corrected chi connectivity index (χ2v) is 5.64. The average Bonchev–Trinajstić information content (AvgIpc) is 2.63. The summed E-state index contributed by atoms with van der Waals surface area (Å²) in [5.74, 6) is -1.47. The van der Waals surface area contributed by atoms with Crippen LogP contribution in [0.3, 0.4) is 0 Å². The third-order valence-corrected chi connectivity index (χ3v) is 3.88. The molecule has 0 unspecified atom stereocenters. The van der Waals surface area contributed by atoms with Crippen molar-refractivity contribution in [3.05, 3.63) is 101 Å². The Morgan fingerprint density at radius 1 is 0.808 bits per heavy atom. The first-order chi connectivity index (χ1) is 12.1. The van der Waals surface area contributed by atoms with Crippen LogP contribution in [0.15, 0.2) is 78.9 Å². The molecule has 0 atom stereocenters.